The fourth-order valence-corrected chi connectivity index (χ4v) is 3.56. The number of rotatable bonds is 7. The number of amides is 2. The SMILES string of the molecule is CC(C)(O)[C@H](NC(=O)c1ccc(C=CC#Cc2ccc(CN3CCOCC3)cc2)cc1)C(=O)NO. The number of morpholine rings is 1. The third-order valence-electron chi connectivity index (χ3n) is 5.57. The molecule has 8 nitrogen and oxygen atoms in total. The summed E-state index contributed by atoms with van der Waals surface area (Å²) < 4.78 is 5.38. The second kappa shape index (κ2) is 12.3. The number of carbonyl (C=O) groups excluding carboxylic acids is 2. The number of benzene rings is 2. The number of nitrogens with zero attached hydrogens (tertiary/aromatic N) is 1. The molecule has 1 atom stereocenters. The van der Waals surface area contributed by atoms with Crippen LogP contribution in [0.25, 0.3) is 6.08 Å². The van der Waals surface area contributed by atoms with E-state index in [2.05, 4.69) is 34.2 Å². The summed E-state index contributed by atoms with van der Waals surface area (Å²) in [6.07, 6.45) is 3.58. The molecular weight excluding hydrogens is 446 g/mol. The molecule has 0 aliphatic carbocycles. The number of hydrogen-bond acceptors (Lipinski definition) is 6. The molecule has 184 valence electrons. The van der Waals surface area contributed by atoms with Gasteiger partial charge in [0.2, 0.25) is 0 Å². The van der Waals surface area contributed by atoms with Crippen LogP contribution in [-0.2, 0) is 16.1 Å². The van der Waals surface area contributed by atoms with E-state index in [1.54, 1.807) is 30.3 Å². The molecule has 35 heavy (non-hydrogen) atoms. The minimum atomic E-state index is -1.56. The number of carbonyl (C=O) groups is 2. The van der Waals surface area contributed by atoms with Gasteiger partial charge in [-0.2, -0.15) is 0 Å². The molecule has 1 fully saturated rings. The Labute approximate surface area is 205 Å². The number of ether oxygens (including phenoxy) is 1. The van der Waals surface area contributed by atoms with Crippen molar-refractivity contribution in [1.82, 2.24) is 15.7 Å². The molecule has 0 aromatic heterocycles. The largest absolute Gasteiger partial charge is 0.388 e. The normalized spacial score (nSPS) is 15.2. The molecule has 1 aliphatic rings. The van der Waals surface area contributed by atoms with E-state index in [-0.39, 0.29) is 0 Å². The summed E-state index contributed by atoms with van der Waals surface area (Å²) in [6, 6.07) is 13.6. The maximum Gasteiger partial charge on any atom is 0.268 e. The molecule has 0 saturated carbocycles. The van der Waals surface area contributed by atoms with Gasteiger partial charge < -0.3 is 15.2 Å². The van der Waals surface area contributed by atoms with Crippen LogP contribution >= 0.6 is 0 Å². The van der Waals surface area contributed by atoms with E-state index in [1.165, 1.54) is 24.9 Å². The van der Waals surface area contributed by atoms with Crippen molar-refractivity contribution in [1.29, 1.82) is 0 Å². The van der Waals surface area contributed by atoms with Crippen LogP contribution in [0.1, 0.15) is 40.9 Å². The maximum atomic E-state index is 12.5. The third-order valence-corrected chi connectivity index (χ3v) is 5.57. The zero-order valence-electron chi connectivity index (χ0n) is 20.0. The van der Waals surface area contributed by atoms with Crippen LogP contribution in [0.3, 0.4) is 0 Å². The van der Waals surface area contributed by atoms with Gasteiger partial charge in [-0.3, -0.25) is 19.7 Å². The van der Waals surface area contributed by atoms with E-state index in [1.807, 2.05) is 18.2 Å². The Balaban J connectivity index is 1.54. The monoisotopic (exact) mass is 477 g/mol. The Bertz CT molecular complexity index is 1090. The van der Waals surface area contributed by atoms with Gasteiger partial charge in [0.1, 0.15) is 6.04 Å². The lowest BCUT2D eigenvalue weighted by molar-refractivity contribution is -0.136. The van der Waals surface area contributed by atoms with Crippen LogP contribution in [0.2, 0.25) is 0 Å². The highest BCUT2D eigenvalue weighted by Gasteiger charge is 2.34. The Hall–Kier alpha value is -3.48. The number of hydroxylamine groups is 1. The third kappa shape index (κ3) is 8.05. The zero-order chi connectivity index (χ0) is 25.3. The predicted molar refractivity (Wildman–Crippen MR) is 132 cm³/mol. The summed E-state index contributed by atoms with van der Waals surface area (Å²) in [5.74, 6) is 4.67. The molecule has 0 radical (unpaired) electrons. The summed E-state index contributed by atoms with van der Waals surface area (Å²) in [5.41, 5.74) is 3.24. The Morgan fingerprint density at radius 1 is 1.11 bits per heavy atom. The molecule has 1 heterocycles. The minimum Gasteiger partial charge on any atom is -0.388 e. The Kier molecular flexibility index (Phi) is 9.18. The molecule has 8 heteroatoms. The molecule has 1 saturated heterocycles. The van der Waals surface area contributed by atoms with E-state index in [9.17, 15) is 14.7 Å². The van der Waals surface area contributed by atoms with Gasteiger partial charge in [-0.25, -0.2) is 5.48 Å². The first-order chi connectivity index (χ1) is 16.8. The quantitative estimate of drug-likeness (QED) is 0.276. The number of hydrogen-bond donors (Lipinski definition) is 4. The Morgan fingerprint density at radius 3 is 2.37 bits per heavy atom. The number of allylic oxidation sites excluding steroid dienone is 1. The molecular formula is C27H31N3O5. The van der Waals surface area contributed by atoms with Gasteiger partial charge in [0.25, 0.3) is 11.8 Å². The molecule has 1 aliphatic heterocycles. The topological polar surface area (TPSA) is 111 Å². The maximum absolute atomic E-state index is 12.5. The standard InChI is InChI=1S/C27H31N3O5/c1-27(2,33)24(26(32)29-34)28-25(31)23-13-11-21(12-14-23)6-4-3-5-20-7-9-22(10-8-20)19-30-15-17-35-18-16-30/h4,6-14,24,33-34H,15-19H2,1-2H3,(H,28,31)(H,29,32)/t24-/m1/s1. The molecule has 2 aromatic carbocycles. The lowest BCUT2D eigenvalue weighted by atomic mass is 9.97. The average Bonchev–Trinajstić information content (AvgIpc) is 2.86. The fraction of sp³-hybridized carbons (Fsp3) is 0.333. The first kappa shape index (κ1) is 26.1. The van der Waals surface area contributed by atoms with Gasteiger partial charge in [-0.05, 0) is 61.4 Å². The molecule has 2 amide bonds. The van der Waals surface area contributed by atoms with Crippen molar-refractivity contribution in [3.8, 4) is 11.8 Å². The van der Waals surface area contributed by atoms with E-state index in [4.69, 9.17) is 9.94 Å². The molecule has 0 bridgehead atoms. The second-order valence-electron chi connectivity index (χ2n) is 8.85. The summed E-state index contributed by atoms with van der Waals surface area (Å²) >= 11 is 0. The van der Waals surface area contributed by atoms with Gasteiger partial charge in [0.05, 0.1) is 18.8 Å². The smallest absolute Gasteiger partial charge is 0.268 e. The van der Waals surface area contributed by atoms with Crippen molar-refractivity contribution in [2.75, 3.05) is 26.3 Å². The van der Waals surface area contributed by atoms with E-state index in [0.717, 1.165) is 44.0 Å². The lowest BCUT2D eigenvalue weighted by Crippen LogP contribution is -2.57. The molecule has 3 rings (SSSR count). The van der Waals surface area contributed by atoms with Crippen molar-refractivity contribution < 1.29 is 24.6 Å². The highest BCUT2D eigenvalue weighted by molar-refractivity contribution is 5.97. The Morgan fingerprint density at radius 2 is 1.77 bits per heavy atom. The van der Waals surface area contributed by atoms with E-state index >= 15 is 0 Å². The van der Waals surface area contributed by atoms with Crippen LogP contribution in [-0.4, -0.2) is 65.0 Å². The van der Waals surface area contributed by atoms with Gasteiger partial charge in [0, 0.05) is 30.8 Å². The van der Waals surface area contributed by atoms with Gasteiger partial charge in [-0.1, -0.05) is 36.1 Å². The second-order valence-corrected chi connectivity index (χ2v) is 8.85. The fourth-order valence-electron chi connectivity index (χ4n) is 3.56. The van der Waals surface area contributed by atoms with Crippen molar-refractivity contribution in [2.45, 2.75) is 32.0 Å². The minimum absolute atomic E-state index is 0.311. The van der Waals surface area contributed by atoms with Crippen LogP contribution in [0.5, 0.6) is 0 Å². The summed E-state index contributed by atoms with van der Waals surface area (Å²) in [4.78, 5) is 26.6. The van der Waals surface area contributed by atoms with Crippen molar-refractivity contribution in [3.63, 3.8) is 0 Å². The zero-order valence-corrected chi connectivity index (χ0v) is 20.0. The highest BCUT2D eigenvalue weighted by atomic mass is 16.5. The van der Waals surface area contributed by atoms with Crippen molar-refractivity contribution in [2.24, 2.45) is 0 Å². The summed E-state index contributed by atoms with van der Waals surface area (Å²) in [7, 11) is 0. The van der Waals surface area contributed by atoms with Crippen LogP contribution in [0.15, 0.2) is 54.6 Å². The van der Waals surface area contributed by atoms with Crippen LogP contribution in [0, 0.1) is 11.8 Å². The number of aliphatic hydroxyl groups is 1. The van der Waals surface area contributed by atoms with Crippen molar-refractivity contribution >= 4 is 17.9 Å². The number of nitrogens with one attached hydrogen (secondary N) is 2. The summed E-state index contributed by atoms with van der Waals surface area (Å²) in [5, 5.41) is 21.4. The first-order valence-corrected chi connectivity index (χ1v) is 11.4. The molecule has 0 spiro atoms. The molecule has 2 aromatic rings. The lowest BCUT2D eigenvalue weighted by Gasteiger charge is -2.28. The van der Waals surface area contributed by atoms with E-state index in [0.29, 0.717) is 5.56 Å². The first-order valence-electron chi connectivity index (χ1n) is 11.4. The van der Waals surface area contributed by atoms with Gasteiger partial charge >= 0.3 is 0 Å². The summed E-state index contributed by atoms with van der Waals surface area (Å²) in [6.45, 7) is 7.14. The van der Waals surface area contributed by atoms with Gasteiger partial charge in [-0.15, -0.1) is 0 Å². The molecule has 4 N–H and O–H groups in total. The highest BCUT2D eigenvalue weighted by Crippen LogP contribution is 2.12. The van der Waals surface area contributed by atoms with E-state index < -0.39 is 23.5 Å². The van der Waals surface area contributed by atoms with Crippen molar-refractivity contribution in [3.05, 3.63) is 76.9 Å². The molecule has 0 unspecified atom stereocenters. The van der Waals surface area contributed by atoms with Crippen LogP contribution < -0.4 is 10.8 Å². The van der Waals surface area contributed by atoms with Crippen LogP contribution in [0.4, 0.5) is 0 Å². The predicted octanol–water partition coefficient (Wildman–Crippen LogP) is 1.96. The van der Waals surface area contributed by atoms with Gasteiger partial charge in [0.15, 0.2) is 0 Å². The average molecular weight is 478 g/mol.